The topological polar surface area (TPSA) is 87.4 Å². The quantitative estimate of drug-likeness (QED) is 0.662. The van der Waals surface area contributed by atoms with Crippen LogP contribution in [-0.4, -0.2) is 44.7 Å². The zero-order valence-electron chi connectivity index (χ0n) is 17.9. The van der Waals surface area contributed by atoms with Crippen LogP contribution in [0.2, 0.25) is 0 Å². The minimum absolute atomic E-state index is 0.188. The van der Waals surface area contributed by atoms with Gasteiger partial charge in [0.25, 0.3) is 10.0 Å². The van der Waals surface area contributed by atoms with Crippen molar-refractivity contribution in [3.8, 4) is 11.8 Å². The van der Waals surface area contributed by atoms with Crippen molar-refractivity contribution in [2.24, 2.45) is 0 Å². The van der Waals surface area contributed by atoms with Gasteiger partial charge in [0.1, 0.15) is 11.8 Å². The minimum atomic E-state index is -3.93. The molecule has 3 aliphatic rings. The van der Waals surface area contributed by atoms with Gasteiger partial charge >= 0.3 is 0 Å². The van der Waals surface area contributed by atoms with Gasteiger partial charge in [-0.2, -0.15) is 5.26 Å². The second-order valence-electron chi connectivity index (χ2n) is 9.02. The summed E-state index contributed by atoms with van der Waals surface area (Å²) in [4.78, 5) is 2.47. The molecule has 4 atom stereocenters. The van der Waals surface area contributed by atoms with E-state index in [1.807, 2.05) is 6.07 Å². The van der Waals surface area contributed by atoms with E-state index in [9.17, 15) is 13.7 Å². The average Bonchev–Trinajstić information content (AvgIpc) is 3.46. The van der Waals surface area contributed by atoms with Gasteiger partial charge in [-0.05, 0) is 37.0 Å². The SMILES string of the molecule is COc1cc(S(=O)(=O)n2cc(C#N)c3ccccc32)cc2c1N(C)C1CC3CCC(N3)C21. The van der Waals surface area contributed by atoms with Gasteiger partial charge in [-0.15, -0.1) is 0 Å². The Morgan fingerprint density at radius 2 is 2.03 bits per heavy atom. The smallest absolute Gasteiger partial charge is 0.268 e. The van der Waals surface area contributed by atoms with Crippen LogP contribution in [0.4, 0.5) is 5.69 Å². The summed E-state index contributed by atoms with van der Waals surface area (Å²) in [6, 6.07) is 13.9. The van der Waals surface area contributed by atoms with Crippen LogP contribution < -0.4 is 15.0 Å². The van der Waals surface area contributed by atoms with Crippen LogP contribution in [-0.2, 0) is 10.0 Å². The molecule has 4 heterocycles. The molecule has 7 nitrogen and oxygen atoms in total. The Kier molecular flexibility index (Phi) is 4.14. The molecule has 0 radical (unpaired) electrons. The van der Waals surface area contributed by atoms with Crippen molar-refractivity contribution in [1.29, 1.82) is 5.26 Å². The van der Waals surface area contributed by atoms with Crippen LogP contribution in [0.5, 0.6) is 5.75 Å². The van der Waals surface area contributed by atoms with Crippen molar-refractivity contribution in [3.05, 3.63) is 53.7 Å². The molecule has 2 aromatic carbocycles. The molecule has 0 saturated carbocycles. The number of rotatable bonds is 3. The fourth-order valence-corrected chi connectivity index (χ4v) is 7.53. The van der Waals surface area contributed by atoms with E-state index in [1.165, 1.54) is 16.6 Å². The van der Waals surface area contributed by atoms with Crippen LogP contribution in [0.25, 0.3) is 10.9 Å². The molecule has 8 heteroatoms. The van der Waals surface area contributed by atoms with Gasteiger partial charge in [0.15, 0.2) is 0 Å². The predicted molar refractivity (Wildman–Crippen MR) is 122 cm³/mol. The number of methoxy groups -OCH3 is 1. The average molecular weight is 449 g/mol. The molecule has 0 aliphatic carbocycles. The van der Waals surface area contributed by atoms with E-state index >= 15 is 0 Å². The third-order valence-electron chi connectivity index (χ3n) is 7.51. The summed E-state index contributed by atoms with van der Waals surface area (Å²) in [5, 5.41) is 13.9. The van der Waals surface area contributed by atoms with Crippen molar-refractivity contribution < 1.29 is 13.2 Å². The largest absolute Gasteiger partial charge is 0.495 e. The van der Waals surface area contributed by atoms with Crippen LogP contribution in [0, 0.1) is 11.3 Å². The lowest BCUT2D eigenvalue weighted by atomic mass is 9.84. The highest BCUT2D eigenvalue weighted by Gasteiger charge is 2.50. The number of benzene rings is 2. The molecule has 0 amide bonds. The molecule has 3 aliphatic heterocycles. The van der Waals surface area contributed by atoms with Gasteiger partial charge in [0.2, 0.25) is 0 Å². The number of hydrogen-bond donors (Lipinski definition) is 1. The first kappa shape index (κ1) is 19.6. The maximum absolute atomic E-state index is 13.8. The lowest BCUT2D eigenvalue weighted by molar-refractivity contribution is 0.326. The maximum Gasteiger partial charge on any atom is 0.268 e. The van der Waals surface area contributed by atoms with E-state index in [1.54, 1.807) is 37.4 Å². The van der Waals surface area contributed by atoms with Crippen molar-refractivity contribution in [2.75, 3.05) is 19.1 Å². The van der Waals surface area contributed by atoms with Crippen molar-refractivity contribution in [1.82, 2.24) is 9.29 Å². The highest BCUT2D eigenvalue weighted by molar-refractivity contribution is 7.90. The van der Waals surface area contributed by atoms with Crippen molar-refractivity contribution in [2.45, 2.75) is 48.2 Å². The summed E-state index contributed by atoms with van der Waals surface area (Å²) in [6.45, 7) is 0. The summed E-state index contributed by atoms with van der Waals surface area (Å²) in [5.41, 5.74) is 2.86. The standard InChI is InChI=1S/C24H24N4O3S/c1-27-21-9-15-7-8-19(26-15)23(21)18-10-16(11-22(31-2)24(18)27)32(29,30)28-13-14(12-25)17-5-3-4-6-20(17)28/h3-6,10-11,13,15,19,21,23,26H,7-9H2,1-2H3. The molecular formula is C24H24N4O3S. The molecule has 6 rings (SSSR count). The molecule has 1 N–H and O–H groups in total. The van der Waals surface area contributed by atoms with E-state index in [-0.39, 0.29) is 10.8 Å². The normalized spacial score (nSPS) is 26.1. The number of ether oxygens (including phenoxy) is 1. The zero-order valence-corrected chi connectivity index (χ0v) is 18.8. The minimum Gasteiger partial charge on any atom is -0.495 e. The van der Waals surface area contributed by atoms with E-state index in [2.05, 4.69) is 23.3 Å². The first-order valence-corrected chi connectivity index (χ1v) is 12.3. The Morgan fingerprint density at radius 1 is 1.22 bits per heavy atom. The summed E-state index contributed by atoms with van der Waals surface area (Å²) in [7, 11) is -0.256. The number of likely N-dealkylation sites (N-methyl/N-ethyl adjacent to an activating group) is 1. The number of anilines is 1. The number of nitrogens with one attached hydrogen (secondary N) is 1. The third kappa shape index (κ3) is 2.52. The first-order chi connectivity index (χ1) is 15.4. The van der Waals surface area contributed by atoms with Crippen LogP contribution in [0.15, 0.2) is 47.5 Å². The highest BCUT2D eigenvalue weighted by atomic mass is 32.2. The van der Waals surface area contributed by atoms with Gasteiger partial charge < -0.3 is 15.0 Å². The van der Waals surface area contributed by atoms with Gasteiger partial charge in [-0.1, -0.05) is 18.2 Å². The third-order valence-corrected chi connectivity index (χ3v) is 9.16. The molecule has 2 saturated heterocycles. The van der Waals surface area contributed by atoms with Gasteiger partial charge in [-0.3, -0.25) is 0 Å². The monoisotopic (exact) mass is 448 g/mol. The van der Waals surface area contributed by atoms with E-state index in [0.29, 0.717) is 40.3 Å². The highest BCUT2D eigenvalue weighted by Crippen LogP contribution is 2.53. The Morgan fingerprint density at radius 3 is 2.81 bits per heavy atom. The van der Waals surface area contributed by atoms with Crippen molar-refractivity contribution in [3.63, 3.8) is 0 Å². The zero-order chi connectivity index (χ0) is 22.2. The predicted octanol–water partition coefficient (Wildman–Crippen LogP) is 3.18. The van der Waals surface area contributed by atoms with E-state index in [4.69, 9.17) is 4.74 Å². The number of hydrogen-bond acceptors (Lipinski definition) is 6. The van der Waals surface area contributed by atoms with Gasteiger partial charge in [-0.25, -0.2) is 12.4 Å². The van der Waals surface area contributed by atoms with Gasteiger partial charge in [0.05, 0.1) is 28.8 Å². The molecule has 164 valence electrons. The summed E-state index contributed by atoms with van der Waals surface area (Å²) < 4.78 is 34.6. The summed E-state index contributed by atoms with van der Waals surface area (Å²) in [6.07, 6.45) is 4.73. The fraction of sp³-hybridized carbons (Fsp3) is 0.375. The van der Waals surface area contributed by atoms with E-state index in [0.717, 1.165) is 24.1 Å². The number of fused-ring (bicyclic) bond motifs is 7. The second kappa shape index (κ2) is 6.74. The molecule has 3 aromatic rings. The van der Waals surface area contributed by atoms with Crippen LogP contribution in [0.3, 0.4) is 0 Å². The molecule has 32 heavy (non-hydrogen) atoms. The molecule has 2 bridgehead atoms. The number of nitrogens with zero attached hydrogens (tertiary/aromatic N) is 3. The Hall–Kier alpha value is -3.02. The van der Waals surface area contributed by atoms with Crippen LogP contribution in [0.1, 0.15) is 36.3 Å². The van der Waals surface area contributed by atoms with Crippen LogP contribution >= 0.6 is 0 Å². The number of para-hydroxylation sites is 1. The molecule has 4 unspecified atom stereocenters. The Balaban J connectivity index is 1.55. The number of nitriles is 1. The molecule has 0 spiro atoms. The maximum atomic E-state index is 13.8. The fourth-order valence-electron chi connectivity index (χ4n) is 6.11. The lowest BCUT2D eigenvalue weighted by Crippen LogP contribution is -2.49. The molecule has 1 aromatic heterocycles. The Labute approximate surface area is 187 Å². The summed E-state index contributed by atoms with van der Waals surface area (Å²) >= 11 is 0. The molecule has 2 fully saturated rings. The number of piperidine rings is 1. The van der Waals surface area contributed by atoms with Gasteiger partial charge in [0, 0.05) is 48.7 Å². The second-order valence-corrected chi connectivity index (χ2v) is 10.8. The van der Waals surface area contributed by atoms with Crippen molar-refractivity contribution >= 4 is 26.6 Å². The summed E-state index contributed by atoms with van der Waals surface area (Å²) in [5.74, 6) is 0.805. The molecular weight excluding hydrogens is 424 g/mol. The Bertz CT molecular complexity index is 1400. The lowest BCUT2D eigenvalue weighted by Gasteiger charge is -2.36. The number of aromatic nitrogens is 1. The first-order valence-electron chi connectivity index (χ1n) is 10.9. The van der Waals surface area contributed by atoms with E-state index < -0.39 is 10.0 Å².